The van der Waals surface area contributed by atoms with Gasteiger partial charge in [-0.15, -0.1) is 23.5 Å². The van der Waals surface area contributed by atoms with E-state index in [1.807, 2.05) is 47.8 Å². The smallest absolute Gasteiger partial charge is 0.255 e. The number of carbonyl (C=O) groups is 1. The number of benzene rings is 2. The van der Waals surface area contributed by atoms with Crippen LogP contribution in [0.3, 0.4) is 0 Å². The number of nitrogens with zero attached hydrogens (tertiary/aromatic N) is 1. The molecule has 166 valence electrons. The number of amides is 1. The molecule has 2 aromatic rings. The number of carbonyl (C=O) groups excluding carboxylic acids is 1. The van der Waals surface area contributed by atoms with Crippen LogP contribution in [0.4, 0.5) is 5.69 Å². The molecule has 8 heteroatoms. The molecule has 0 spiro atoms. The summed E-state index contributed by atoms with van der Waals surface area (Å²) in [5.41, 5.74) is 2.42. The van der Waals surface area contributed by atoms with Gasteiger partial charge in [0.05, 0.1) is 9.48 Å². The zero-order valence-electron chi connectivity index (χ0n) is 17.6. The average molecular weight is 477 g/mol. The Morgan fingerprint density at radius 1 is 0.968 bits per heavy atom. The third kappa shape index (κ3) is 5.48. The van der Waals surface area contributed by atoms with Crippen molar-refractivity contribution in [3.8, 4) is 0 Å². The van der Waals surface area contributed by atoms with Crippen molar-refractivity contribution < 1.29 is 13.2 Å². The molecular weight excluding hydrogens is 448 g/mol. The van der Waals surface area contributed by atoms with Crippen LogP contribution in [0.15, 0.2) is 53.4 Å². The van der Waals surface area contributed by atoms with Crippen molar-refractivity contribution in [2.75, 3.05) is 29.9 Å². The van der Waals surface area contributed by atoms with Gasteiger partial charge in [0.25, 0.3) is 5.91 Å². The number of hydrogen-bond acceptors (Lipinski definition) is 5. The van der Waals surface area contributed by atoms with Gasteiger partial charge in [0.2, 0.25) is 10.0 Å². The Bertz CT molecular complexity index is 993. The lowest BCUT2D eigenvalue weighted by Gasteiger charge is -2.29. The third-order valence-corrected chi connectivity index (χ3v) is 10.7. The van der Waals surface area contributed by atoms with Crippen molar-refractivity contribution in [3.05, 3.63) is 59.7 Å². The van der Waals surface area contributed by atoms with E-state index >= 15 is 0 Å². The SMILES string of the molecule is CC1CCN(S(=O)(=O)c2ccc(NC(=O)c3ccc(C4SCCCS4)cc3)cc2)CC1. The van der Waals surface area contributed by atoms with Crippen LogP contribution in [0, 0.1) is 5.92 Å². The van der Waals surface area contributed by atoms with Crippen molar-refractivity contribution in [3.63, 3.8) is 0 Å². The Kier molecular flexibility index (Phi) is 7.31. The lowest BCUT2D eigenvalue weighted by molar-refractivity contribution is 0.102. The predicted octanol–water partition coefficient (Wildman–Crippen LogP) is 5.23. The normalized spacial score (nSPS) is 19.3. The summed E-state index contributed by atoms with van der Waals surface area (Å²) in [6.07, 6.45) is 3.04. The molecule has 2 heterocycles. The Labute approximate surface area is 193 Å². The van der Waals surface area contributed by atoms with E-state index in [2.05, 4.69) is 12.2 Å². The van der Waals surface area contributed by atoms with E-state index in [1.54, 1.807) is 28.6 Å². The monoisotopic (exact) mass is 476 g/mol. The Morgan fingerprint density at radius 3 is 2.19 bits per heavy atom. The van der Waals surface area contributed by atoms with Gasteiger partial charge in [-0.25, -0.2) is 8.42 Å². The van der Waals surface area contributed by atoms with Crippen LogP contribution in [0.25, 0.3) is 0 Å². The van der Waals surface area contributed by atoms with Gasteiger partial charge in [0, 0.05) is 24.3 Å². The van der Waals surface area contributed by atoms with E-state index in [1.165, 1.54) is 23.5 Å². The number of anilines is 1. The first kappa shape index (κ1) is 22.7. The number of thioether (sulfide) groups is 2. The Balaban J connectivity index is 1.39. The Hall–Kier alpha value is -1.48. The summed E-state index contributed by atoms with van der Waals surface area (Å²) >= 11 is 3.91. The summed E-state index contributed by atoms with van der Waals surface area (Å²) in [5, 5.41) is 2.86. The van der Waals surface area contributed by atoms with Crippen LogP contribution >= 0.6 is 23.5 Å². The molecule has 2 aliphatic rings. The lowest BCUT2D eigenvalue weighted by Crippen LogP contribution is -2.37. The van der Waals surface area contributed by atoms with Crippen LogP contribution in [0.1, 0.15) is 46.7 Å². The van der Waals surface area contributed by atoms with Crippen LogP contribution in [0.2, 0.25) is 0 Å². The maximum atomic E-state index is 12.8. The average Bonchev–Trinajstić information content (AvgIpc) is 2.80. The summed E-state index contributed by atoms with van der Waals surface area (Å²) < 4.78 is 27.7. The topological polar surface area (TPSA) is 66.5 Å². The number of hydrogen-bond donors (Lipinski definition) is 1. The first-order valence-electron chi connectivity index (χ1n) is 10.7. The second-order valence-corrected chi connectivity index (χ2v) is 12.8. The van der Waals surface area contributed by atoms with E-state index < -0.39 is 10.0 Å². The number of nitrogens with one attached hydrogen (secondary N) is 1. The summed E-state index contributed by atoms with van der Waals surface area (Å²) in [5.74, 6) is 2.74. The highest BCUT2D eigenvalue weighted by Crippen LogP contribution is 2.43. The highest BCUT2D eigenvalue weighted by molar-refractivity contribution is 8.16. The second kappa shape index (κ2) is 9.98. The molecule has 2 aliphatic heterocycles. The maximum absolute atomic E-state index is 12.8. The molecule has 31 heavy (non-hydrogen) atoms. The fraction of sp³-hybridized carbons (Fsp3) is 0.435. The number of rotatable bonds is 5. The predicted molar refractivity (Wildman–Crippen MR) is 130 cm³/mol. The fourth-order valence-corrected chi connectivity index (χ4v) is 8.12. The molecule has 0 saturated carbocycles. The minimum absolute atomic E-state index is 0.198. The van der Waals surface area contributed by atoms with E-state index in [-0.39, 0.29) is 10.8 Å². The van der Waals surface area contributed by atoms with Crippen molar-refractivity contribution in [2.24, 2.45) is 5.92 Å². The van der Waals surface area contributed by atoms with Crippen LogP contribution in [-0.4, -0.2) is 43.2 Å². The Morgan fingerprint density at radius 2 is 1.58 bits per heavy atom. The molecule has 2 saturated heterocycles. The molecule has 2 aromatic carbocycles. The summed E-state index contributed by atoms with van der Waals surface area (Å²) in [6, 6.07) is 14.2. The van der Waals surface area contributed by atoms with Crippen molar-refractivity contribution in [1.82, 2.24) is 4.31 Å². The molecule has 2 fully saturated rings. The maximum Gasteiger partial charge on any atom is 0.255 e. The largest absolute Gasteiger partial charge is 0.322 e. The van der Waals surface area contributed by atoms with Gasteiger partial charge in [0.15, 0.2) is 0 Å². The minimum atomic E-state index is -3.48. The minimum Gasteiger partial charge on any atom is -0.322 e. The quantitative estimate of drug-likeness (QED) is 0.640. The molecule has 0 aromatic heterocycles. The zero-order chi connectivity index (χ0) is 21.8. The van der Waals surface area contributed by atoms with Gasteiger partial charge in [-0.1, -0.05) is 19.1 Å². The van der Waals surface area contributed by atoms with Crippen molar-refractivity contribution >= 4 is 45.1 Å². The molecule has 1 N–H and O–H groups in total. The fourth-order valence-electron chi connectivity index (χ4n) is 3.76. The van der Waals surface area contributed by atoms with Crippen molar-refractivity contribution in [2.45, 2.75) is 35.7 Å². The second-order valence-electron chi connectivity index (χ2n) is 8.11. The summed E-state index contributed by atoms with van der Waals surface area (Å²) in [6.45, 7) is 3.29. The molecule has 0 radical (unpaired) electrons. The standard InChI is InChI=1S/C23H28N2O3S3/c1-17-11-13-25(14-12-17)31(27,28)21-9-7-20(8-10-21)24-22(26)18-3-5-19(6-4-18)23-29-15-2-16-30-23/h3-10,17,23H,2,11-16H2,1H3,(H,24,26). The van der Waals surface area contributed by atoms with Gasteiger partial charge in [-0.05, 0) is 78.6 Å². The molecule has 0 bridgehead atoms. The van der Waals surface area contributed by atoms with Crippen LogP contribution in [0.5, 0.6) is 0 Å². The lowest BCUT2D eigenvalue weighted by atomic mass is 10.0. The van der Waals surface area contributed by atoms with Crippen molar-refractivity contribution in [1.29, 1.82) is 0 Å². The van der Waals surface area contributed by atoms with Gasteiger partial charge >= 0.3 is 0 Å². The number of sulfonamides is 1. The molecular formula is C23H28N2O3S3. The van der Waals surface area contributed by atoms with E-state index in [4.69, 9.17) is 0 Å². The highest BCUT2D eigenvalue weighted by Gasteiger charge is 2.28. The highest BCUT2D eigenvalue weighted by atomic mass is 32.2. The van der Waals surface area contributed by atoms with Crippen LogP contribution < -0.4 is 5.32 Å². The van der Waals surface area contributed by atoms with E-state index in [0.717, 1.165) is 12.8 Å². The first-order chi connectivity index (χ1) is 14.9. The molecule has 5 nitrogen and oxygen atoms in total. The van der Waals surface area contributed by atoms with Crippen LogP contribution in [-0.2, 0) is 10.0 Å². The van der Waals surface area contributed by atoms with Gasteiger partial charge in [0.1, 0.15) is 0 Å². The molecule has 0 unspecified atom stereocenters. The summed E-state index contributed by atoms with van der Waals surface area (Å²) in [4.78, 5) is 12.9. The van der Waals surface area contributed by atoms with E-state index in [9.17, 15) is 13.2 Å². The molecule has 0 aliphatic carbocycles. The van der Waals surface area contributed by atoms with Gasteiger partial charge in [-0.3, -0.25) is 4.79 Å². The zero-order valence-corrected chi connectivity index (χ0v) is 20.1. The van der Waals surface area contributed by atoms with E-state index in [0.29, 0.717) is 34.8 Å². The third-order valence-electron chi connectivity index (χ3n) is 5.76. The molecule has 4 rings (SSSR count). The molecule has 1 amide bonds. The van der Waals surface area contributed by atoms with Gasteiger partial charge < -0.3 is 5.32 Å². The number of piperidine rings is 1. The van der Waals surface area contributed by atoms with Gasteiger partial charge in [-0.2, -0.15) is 4.31 Å². The first-order valence-corrected chi connectivity index (χ1v) is 14.2. The molecule has 0 atom stereocenters. The summed E-state index contributed by atoms with van der Waals surface area (Å²) in [7, 11) is -3.48.